The highest BCUT2D eigenvalue weighted by Crippen LogP contribution is 2.22. The van der Waals surface area contributed by atoms with Crippen LogP contribution >= 0.6 is 15.9 Å². The predicted octanol–water partition coefficient (Wildman–Crippen LogP) is 2.24. The van der Waals surface area contributed by atoms with Crippen LogP contribution in [0.5, 0.6) is 0 Å². The largest absolute Gasteiger partial charge is 0.480 e. The lowest BCUT2D eigenvalue weighted by Gasteiger charge is -2.21. The molecule has 0 fully saturated rings. The van der Waals surface area contributed by atoms with Crippen molar-refractivity contribution < 1.29 is 19.4 Å². The van der Waals surface area contributed by atoms with Crippen molar-refractivity contribution >= 4 is 27.8 Å². The van der Waals surface area contributed by atoms with Crippen LogP contribution in [0.2, 0.25) is 0 Å². The summed E-state index contributed by atoms with van der Waals surface area (Å²) in [6, 6.07) is 3.63. The second kappa shape index (κ2) is 7.40. The van der Waals surface area contributed by atoms with Crippen molar-refractivity contribution in [2.45, 2.75) is 13.8 Å². The minimum atomic E-state index is -1.04. The topological polar surface area (TPSA) is 66.8 Å². The number of carboxylic acids is 1. The quantitative estimate of drug-likeness (QED) is 0.860. The number of halogens is 1. The minimum absolute atomic E-state index is 0.246. The van der Waals surface area contributed by atoms with Gasteiger partial charge in [0, 0.05) is 23.7 Å². The number of hydrogen-bond donors (Lipinski definition) is 1. The number of amides is 1. The second-order valence-corrected chi connectivity index (χ2v) is 5.38. The van der Waals surface area contributed by atoms with Gasteiger partial charge >= 0.3 is 5.97 Å². The Balaban J connectivity index is 3.04. The summed E-state index contributed by atoms with van der Waals surface area (Å²) in [5, 5.41) is 8.90. The van der Waals surface area contributed by atoms with Crippen LogP contribution in [0.25, 0.3) is 0 Å². The molecule has 0 aliphatic heterocycles. The molecular formula is C14H18BrNO4. The van der Waals surface area contributed by atoms with Crippen molar-refractivity contribution in [3.8, 4) is 0 Å². The van der Waals surface area contributed by atoms with Crippen LogP contribution in [0.3, 0.4) is 0 Å². The molecule has 5 nitrogen and oxygen atoms in total. The molecule has 1 rings (SSSR count). The molecule has 0 atom stereocenters. The lowest BCUT2D eigenvalue weighted by atomic mass is 10.0. The number of rotatable bonds is 6. The number of benzene rings is 1. The number of aryl methyl sites for hydroxylation is 2. The van der Waals surface area contributed by atoms with Crippen LogP contribution in [0.4, 0.5) is 0 Å². The van der Waals surface area contributed by atoms with Crippen LogP contribution in [-0.4, -0.2) is 48.7 Å². The van der Waals surface area contributed by atoms with E-state index in [1.807, 2.05) is 19.9 Å². The molecule has 110 valence electrons. The standard InChI is InChI=1S/C14H18BrNO4/c1-9-7-12(15)10(2)6-11(9)14(19)16(4-5-20-3)8-13(17)18/h6-7H,4-5,8H2,1-3H3,(H,17,18). The van der Waals surface area contributed by atoms with E-state index < -0.39 is 5.97 Å². The van der Waals surface area contributed by atoms with E-state index in [4.69, 9.17) is 9.84 Å². The third-order valence-corrected chi connectivity index (χ3v) is 3.77. The Kier molecular flexibility index (Phi) is 6.16. The first-order chi connectivity index (χ1) is 9.36. The number of carbonyl (C=O) groups is 2. The average molecular weight is 344 g/mol. The average Bonchev–Trinajstić information content (AvgIpc) is 2.37. The van der Waals surface area contributed by atoms with Crippen molar-refractivity contribution in [1.82, 2.24) is 4.90 Å². The van der Waals surface area contributed by atoms with Crippen LogP contribution in [-0.2, 0) is 9.53 Å². The number of carbonyl (C=O) groups excluding carboxylic acids is 1. The molecule has 0 spiro atoms. The number of hydrogen-bond acceptors (Lipinski definition) is 3. The summed E-state index contributed by atoms with van der Waals surface area (Å²) in [6.45, 7) is 3.92. The molecule has 1 N–H and O–H groups in total. The molecule has 0 bridgehead atoms. The Bertz CT molecular complexity index is 516. The summed E-state index contributed by atoms with van der Waals surface area (Å²) in [5.74, 6) is -1.33. The van der Waals surface area contributed by atoms with E-state index in [0.717, 1.165) is 15.6 Å². The number of methoxy groups -OCH3 is 1. The smallest absolute Gasteiger partial charge is 0.323 e. The Hall–Kier alpha value is -1.40. The van der Waals surface area contributed by atoms with Gasteiger partial charge in [-0.15, -0.1) is 0 Å². The van der Waals surface area contributed by atoms with Crippen LogP contribution in [0.15, 0.2) is 16.6 Å². The third kappa shape index (κ3) is 4.31. The van der Waals surface area contributed by atoms with E-state index in [2.05, 4.69) is 15.9 Å². The molecular weight excluding hydrogens is 326 g/mol. The molecule has 0 saturated carbocycles. The van der Waals surface area contributed by atoms with Crippen LogP contribution < -0.4 is 0 Å². The maximum atomic E-state index is 12.5. The molecule has 0 aromatic heterocycles. The highest BCUT2D eigenvalue weighted by molar-refractivity contribution is 9.10. The van der Waals surface area contributed by atoms with E-state index in [1.54, 1.807) is 6.07 Å². The fraction of sp³-hybridized carbons (Fsp3) is 0.429. The number of carboxylic acid groups (broad SMARTS) is 1. The fourth-order valence-electron chi connectivity index (χ4n) is 1.80. The van der Waals surface area contributed by atoms with Crippen LogP contribution in [0, 0.1) is 13.8 Å². The molecule has 0 aliphatic rings. The van der Waals surface area contributed by atoms with Gasteiger partial charge in [0.25, 0.3) is 5.91 Å². The number of ether oxygens (including phenoxy) is 1. The highest BCUT2D eigenvalue weighted by atomic mass is 79.9. The molecule has 6 heteroatoms. The summed E-state index contributed by atoms with van der Waals surface area (Å²) in [5.41, 5.74) is 2.25. The normalized spacial score (nSPS) is 10.4. The van der Waals surface area contributed by atoms with Crippen LogP contribution in [0.1, 0.15) is 21.5 Å². The van der Waals surface area contributed by atoms with Gasteiger partial charge in [-0.05, 0) is 37.1 Å². The van der Waals surface area contributed by atoms with Gasteiger partial charge in [0.05, 0.1) is 6.61 Å². The Morgan fingerprint density at radius 2 is 1.95 bits per heavy atom. The summed E-state index contributed by atoms with van der Waals surface area (Å²) >= 11 is 3.41. The first-order valence-corrected chi connectivity index (χ1v) is 6.93. The molecule has 1 aromatic rings. The molecule has 0 heterocycles. The molecule has 1 aromatic carbocycles. The SMILES string of the molecule is COCCN(CC(=O)O)C(=O)c1cc(C)c(Br)cc1C. The van der Waals surface area contributed by atoms with Gasteiger partial charge in [-0.1, -0.05) is 15.9 Å². The zero-order valence-electron chi connectivity index (χ0n) is 11.8. The van der Waals surface area contributed by atoms with Gasteiger partial charge in [-0.2, -0.15) is 0 Å². The molecule has 0 saturated heterocycles. The van der Waals surface area contributed by atoms with Crippen molar-refractivity contribution in [3.63, 3.8) is 0 Å². The first kappa shape index (κ1) is 16.7. The van der Waals surface area contributed by atoms with E-state index in [1.165, 1.54) is 12.0 Å². The lowest BCUT2D eigenvalue weighted by molar-refractivity contribution is -0.137. The van der Waals surface area contributed by atoms with E-state index >= 15 is 0 Å². The summed E-state index contributed by atoms with van der Waals surface area (Å²) in [6.07, 6.45) is 0. The van der Waals surface area contributed by atoms with E-state index in [9.17, 15) is 9.59 Å². The van der Waals surface area contributed by atoms with Gasteiger partial charge < -0.3 is 14.7 Å². The number of aliphatic carboxylic acids is 1. The molecule has 0 aliphatic carbocycles. The second-order valence-electron chi connectivity index (χ2n) is 4.53. The van der Waals surface area contributed by atoms with Gasteiger partial charge in [0.2, 0.25) is 0 Å². The molecule has 1 amide bonds. The third-order valence-electron chi connectivity index (χ3n) is 2.91. The van der Waals surface area contributed by atoms with Crippen molar-refractivity contribution in [2.75, 3.05) is 26.8 Å². The molecule has 20 heavy (non-hydrogen) atoms. The Morgan fingerprint density at radius 1 is 1.30 bits per heavy atom. The Labute approximate surface area is 126 Å². The first-order valence-electron chi connectivity index (χ1n) is 6.13. The van der Waals surface area contributed by atoms with Crippen molar-refractivity contribution in [3.05, 3.63) is 33.3 Å². The highest BCUT2D eigenvalue weighted by Gasteiger charge is 2.20. The maximum absolute atomic E-state index is 12.5. The number of nitrogens with zero attached hydrogens (tertiary/aromatic N) is 1. The van der Waals surface area contributed by atoms with E-state index in [-0.39, 0.29) is 19.0 Å². The maximum Gasteiger partial charge on any atom is 0.323 e. The summed E-state index contributed by atoms with van der Waals surface area (Å²) in [7, 11) is 1.51. The fourth-order valence-corrected chi connectivity index (χ4v) is 2.26. The van der Waals surface area contributed by atoms with Crippen molar-refractivity contribution in [1.29, 1.82) is 0 Å². The Morgan fingerprint density at radius 3 is 2.50 bits per heavy atom. The van der Waals surface area contributed by atoms with Gasteiger partial charge in [-0.3, -0.25) is 9.59 Å². The summed E-state index contributed by atoms with van der Waals surface area (Å²) < 4.78 is 5.84. The zero-order valence-corrected chi connectivity index (χ0v) is 13.4. The predicted molar refractivity (Wildman–Crippen MR) is 79.0 cm³/mol. The molecule has 0 unspecified atom stereocenters. The minimum Gasteiger partial charge on any atom is -0.480 e. The van der Waals surface area contributed by atoms with Gasteiger partial charge in [0.15, 0.2) is 0 Å². The van der Waals surface area contributed by atoms with Crippen molar-refractivity contribution in [2.24, 2.45) is 0 Å². The monoisotopic (exact) mass is 343 g/mol. The molecule has 0 radical (unpaired) electrons. The lowest BCUT2D eigenvalue weighted by Crippen LogP contribution is -2.38. The van der Waals surface area contributed by atoms with Gasteiger partial charge in [-0.25, -0.2) is 0 Å². The zero-order chi connectivity index (χ0) is 15.3. The van der Waals surface area contributed by atoms with Gasteiger partial charge in [0.1, 0.15) is 6.54 Å². The van der Waals surface area contributed by atoms with E-state index in [0.29, 0.717) is 12.2 Å². The summed E-state index contributed by atoms with van der Waals surface area (Å²) in [4.78, 5) is 24.6.